The molecule has 1 heterocycles. The van der Waals surface area contributed by atoms with E-state index in [0.29, 0.717) is 28.2 Å². The smallest absolute Gasteiger partial charge is 0.161 e. The first kappa shape index (κ1) is 19.1. The summed E-state index contributed by atoms with van der Waals surface area (Å²) in [4.78, 5) is 4.72. The third-order valence-electron chi connectivity index (χ3n) is 4.22. The van der Waals surface area contributed by atoms with E-state index >= 15 is 0 Å². The van der Waals surface area contributed by atoms with Crippen LogP contribution in [0.4, 0.5) is 0 Å². The van der Waals surface area contributed by atoms with Crippen LogP contribution in [0.15, 0.2) is 60.7 Å². The zero-order valence-electron chi connectivity index (χ0n) is 15.1. The number of halogens is 2. The summed E-state index contributed by atoms with van der Waals surface area (Å²) in [6.45, 7) is 2.74. The van der Waals surface area contributed by atoms with Crippen molar-refractivity contribution < 1.29 is 9.47 Å². The summed E-state index contributed by atoms with van der Waals surface area (Å²) < 4.78 is 12.9. The Morgan fingerprint density at radius 1 is 0.893 bits per heavy atom. The molecule has 0 aliphatic rings. The molecule has 0 N–H and O–H groups in total. The molecule has 0 aliphatic carbocycles. The van der Waals surface area contributed by atoms with Gasteiger partial charge in [0, 0.05) is 21.2 Å². The number of rotatable bonds is 6. The molecule has 3 nitrogen and oxygen atoms in total. The summed E-state index contributed by atoms with van der Waals surface area (Å²) in [5, 5.41) is 2.11. The predicted molar refractivity (Wildman–Crippen MR) is 117 cm³/mol. The van der Waals surface area contributed by atoms with E-state index in [-0.39, 0.29) is 6.61 Å². The van der Waals surface area contributed by atoms with Gasteiger partial charge in [0.2, 0.25) is 0 Å². The Balaban J connectivity index is 1.63. The predicted octanol–water partition coefficient (Wildman–Crippen LogP) is 7.25. The number of hydrogen-bond acceptors (Lipinski definition) is 4. The largest absolute Gasteiger partial charge is 0.490 e. The molecule has 0 saturated heterocycles. The molecule has 0 saturated carbocycles. The van der Waals surface area contributed by atoms with Crippen LogP contribution in [-0.2, 0) is 6.61 Å². The Labute approximate surface area is 177 Å². The fraction of sp³-hybridized carbons (Fsp3) is 0.136. The molecule has 0 amide bonds. The van der Waals surface area contributed by atoms with Gasteiger partial charge in [0.15, 0.2) is 11.5 Å². The monoisotopic (exact) mass is 429 g/mol. The van der Waals surface area contributed by atoms with Crippen LogP contribution < -0.4 is 9.47 Å². The maximum Gasteiger partial charge on any atom is 0.161 e. The van der Waals surface area contributed by atoms with Crippen molar-refractivity contribution in [2.45, 2.75) is 13.5 Å². The van der Waals surface area contributed by atoms with E-state index in [0.717, 1.165) is 26.4 Å². The van der Waals surface area contributed by atoms with Gasteiger partial charge in [0.05, 0.1) is 16.8 Å². The minimum atomic E-state index is 0.263. The van der Waals surface area contributed by atoms with Crippen molar-refractivity contribution in [2.24, 2.45) is 0 Å². The number of thiazole rings is 1. The lowest BCUT2D eigenvalue weighted by Gasteiger charge is -2.14. The molecule has 0 aliphatic heterocycles. The highest BCUT2D eigenvalue weighted by atomic mass is 35.5. The lowest BCUT2D eigenvalue weighted by Crippen LogP contribution is -2.01. The van der Waals surface area contributed by atoms with Crippen LogP contribution in [0.2, 0.25) is 10.0 Å². The van der Waals surface area contributed by atoms with Gasteiger partial charge >= 0.3 is 0 Å². The summed E-state index contributed by atoms with van der Waals surface area (Å²) >= 11 is 14.1. The number of hydrogen-bond donors (Lipinski definition) is 0. The second kappa shape index (κ2) is 8.39. The lowest BCUT2D eigenvalue weighted by molar-refractivity contribution is 0.269. The van der Waals surface area contributed by atoms with Crippen molar-refractivity contribution in [3.8, 4) is 22.1 Å². The molecule has 0 unspecified atom stereocenters. The number of aromatic nitrogens is 1. The molecule has 142 valence electrons. The third-order valence-corrected chi connectivity index (χ3v) is 6.01. The zero-order chi connectivity index (χ0) is 19.5. The molecule has 3 aromatic carbocycles. The Morgan fingerprint density at radius 3 is 2.43 bits per heavy atom. The molecule has 6 heteroatoms. The Hall–Kier alpha value is -2.27. The Bertz CT molecular complexity index is 1070. The maximum absolute atomic E-state index is 6.24. The van der Waals surface area contributed by atoms with Crippen LogP contribution in [0, 0.1) is 0 Å². The standard InChI is InChI=1S/C22H17Cl2NO2S/c1-2-26-20-12-14(22-25-18-8-3-4-9-21(18)28-22)10-11-19(20)27-13-15-16(23)6-5-7-17(15)24/h3-12H,2,13H2,1H3. The van der Waals surface area contributed by atoms with Crippen molar-refractivity contribution in [3.63, 3.8) is 0 Å². The van der Waals surface area contributed by atoms with Crippen molar-refractivity contribution >= 4 is 44.8 Å². The number of para-hydroxylation sites is 1. The molecule has 0 bridgehead atoms. The second-order valence-electron chi connectivity index (χ2n) is 6.07. The summed E-state index contributed by atoms with van der Waals surface area (Å²) in [7, 11) is 0. The Kier molecular flexibility index (Phi) is 5.72. The van der Waals surface area contributed by atoms with Crippen LogP contribution in [-0.4, -0.2) is 11.6 Å². The van der Waals surface area contributed by atoms with Gasteiger partial charge in [0.25, 0.3) is 0 Å². The molecule has 1 aromatic heterocycles. The third kappa shape index (κ3) is 3.95. The lowest BCUT2D eigenvalue weighted by atomic mass is 10.2. The van der Waals surface area contributed by atoms with E-state index in [4.69, 9.17) is 37.7 Å². The maximum atomic E-state index is 6.24. The van der Waals surface area contributed by atoms with Crippen LogP contribution >= 0.6 is 34.5 Å². The van der Waals surface area contributed by atoms with Gasteiger partial charge < -0.3 is 9.47 Å². The van der Waals surface area contributed by atoms with Crippen molar-refractivity contribution in [1.82, 2.24) is 4.98 Å². The molecule has 0 spiro atoms. The molecular weight excluding hydrogens is 413 g/mol. The topological polar surface area (TPSA) is 31.4 Å². The molecule has 4 rings (SSSR count). The molecule has 0 radical (unpaired) electrons. The van der Waals surface area contributed by atoms with Crippen LogP contribution in [0.3, 0.4) is 0 Å². The molecule has 4 aromatic rings. The van der Waals surface area contributed by atoms with Gasteiger partial charge in [0.1, 0.15) is 11.6 Å². The number of ether oxygens (including phenoxy) is 2. The van der Waals surface area contributed by atoms with Gasteiger partial charge in [-0.2, -0.15) is 0 Å². The average Bonchev–Trinajstić information content (AvgIpc) is 3.13. The highest BCUT2D eigenvalue weighted by Crippen LogP contribution is 2.37. The molecule has 28 heavy (non-hydrogen) atoms. The van der Waals surface area contributed by atoms with Gasteiger partial charge in [-0.05, 0) is 49.4 Å². The highest BCUT2D eigenvalue weighted by molar-refractivity contribution is 7.21. The zero-order valence-corrected chi connectivity index (χ0v) is 17.4. The van der Waals surface area contributed by atoms with Crippen molar-refractivity contribution in [2.75, 3.05) is 6.61 Å². The normalized spacial score (nSPS) is 11.0. The van der Waals surface area contributed by atoms with Crippen LogP contribution in [0.5, 0.6) is 11.5 Å². The summed E-state index contributed by atoms with van der Waals surface area (Å²) in [5.74, 6) is 1.31. The minimum absolute atomic E-state index is 0.263. The van der Waals surface area contributed by atoms with E-state index in [9.17, 15) is 0 Å². The highest BCUT2D eigenvalue weighted by Gasteiger charge is 2.13. The first-order chi connectivity index (χ1) is 13.7. The number of nitrogens with zero attached hydrogens (tertiary/aromatic N) is 1. The number of benzene rings is 3. The Morgan fingerprint density at radius 2 is 1.68 bits per heavy atom. The SMILES string of the molecule is CCOc1cc(-c2nc3ccccc3s2)ccc1OCc1c(Cl)cccc1Cl. The fourth-order valence-electron chi connectivity index (χ4n) is 2.84. The second-order valence-corrected chi connectivity index (χ2v) is 7.92. The van der Waals surface area contributed by atoms with Gasteiger partial charge in [-0.3, -0.25) is 0 Å². The van der Waals surface area contributed by atoms with E-state index in [1.807, 2.05) is 49.4 Å². The fourth-order valence-corrected chi connectivity index (χ4v) is 4.31. The minimum Gasteiger partial charge on any atom is -0.490 e. The summed E-state index contributed by atoms with van der Waals surface area (Å²) in [6.07, 6.45) is 0. The summed E-state index contributed by atoms with van der Waals surface area (Å²) in [6, 6.07) is 19.4. The first-order valence-electron chi connectivity index (χ1n) is 8.84. The quantitative estimate of drug-likeness (QED) is 0.323. The van der Waals surface area contributed by atoms with E-state index < -0.39 is 0 Å². The molecular formula is C22H17Cl2NO2S. The van der Waals surface area contributed by atoms with E-state index in [1.165, 1.54) is 0 Å². The van der Waals surface area contributed by atoms with Gasteiger partial charge in [-0.25, -0.2) is 4.98 Å². The van der Waals surface area contributed by atoms with Crippen LogP contribution in [0.1, 0.15) is 12.5 Å². The van der Waals surface area contributed by atoms with Crippen molar-refractivity contribution in [1.29, 1.82) is 0 Å². The van der Waals surface area contributed by atoms with Crippen molar-refractivity contribution in [3.05, 3.63) is 76.3 Å². The van der Waals surface area contributed by atoms with Gasteiger partial charge in [-0.15, -0.1) is 11.3 Å². The number of fused-ring (bicyclic) bond motifs is 1. The summed E-state index contributed by atoms with van der Waals surface area (Å²) in [5.41, 5.74) is 2.74. The van der Waals surface area contributed by atoms with Crippen LogP contribution in [0.25, 0.3) is 20.8 Å². The van der Waals surface area contributed by atoms with E-state index in [2.05, 4.69) is 6.07 Å². The first-order valence-corrected chi connectivity index (χ1v) is 10.4. The molecule has 0 atom stereocenters. The average molecular weight is 430 g/mol. The molecule has 0 fully saturated rings. The van der Waals surface area contributed by atoms with Gasteiger partial charge in [-0.1, -0.05) is 41.4 Å². The van der Waals surface area contributed by atoms with E-state index in [1.54, 1.807) is 23.5 Å².